The number of carbonyl (C=O) groups is 1. The molecule has 1 saturated carbocycles. The van der Waals surface area contributed by atoms with Gasteiger partial charge in [0.2, 0.25) is 0 Å². The first-order valence-electron chi connectivity index (χ1n) is 6.02. The standard InChI is InChI=1S/C12H19NO3/c1-7(2)5-11-13-9-6-8(12(14)15)3-4-10(9)16-11/h7-10H,3-6H2,1-2H3,(H,14,15). The van der Waals surface area contributed by atoms with Crippen molar-refractivity contribution < 1.29 is 14.6 Å². The first kappa shape index (κ1) is 11.4. The minimum Gasteiger partial charge on any atom is -0.481 e. The van der Waals surface area contributed by atoms with Gasteiger partial charge in [-0.2, -0.15) is 0 Å². The lowest BCUT2D eigenvalue weighted by atomic mass is 9.84. The average molecular weight is 225 g/mol. The Morgan fingerprint density at radius 2 is 2.31 bits per heavy atom. The zero-order valence-electron chi connectivity index (χ0n) is 9.85. The molecule has 0 aromatic carbocycles. The highest BCUT2D eigenvalue weighted by molar-refractivity contribution is 5.78. The van der Waals surface area contributed by atoms with Crippen LogP contribution in [0.15, 0.2) is 4.99 Å². The number of ether oxygens (including phenoxy) is 1. The lowest BCUT2D eigenvalue weighted by Crippen LogP contribution is -2.33. The lowest BCUT2D eigenvalue weighted by Gasteiger charge is -2.26. The fraction of sp³-hybridized carbons (Fsp3) is 0.833. The number of carboxylic acids is 1. The summed E-state index contributed by atoms with van der Waals surface area (Å²) in [5.74, 6) is 0.447. The zero-order chi connectivity index (χ0) is 11.7. The minimum absolute atomic E-state index is 0.0867. The summed E-state index contributed by atoms with van der Waals surface area (Å²) in [4.78, 5) is 15.4. The molecule has 16 heavy (non-hydrogen) atoms. The lowest BCUT2D eigenvalue weighted by molar-refractivity contribution is -0.143. The van der Waals surface area contributed by atoms with Gasteiger partial charge in [-0.3, -0.25) is 4.79 Å². The van der Waals surface area contributed by atoms with E-state index in [2.05, 4.69) is 18.8 Å². The maximum absolute atomic E-state index is 10.9. The fourth-order valence-electron chi connectivity index (χ4n) is 2.46. The summed E-state index contributed by atoms with van der Waals surface area (Å²) in [7, 11) is 0. The number of hydrogen-bond acceptors (Lipinski definition) is 3. The van der Waals surface area contributed by atoms with Gasteiger partial charge in [-0.15, -0.1) is 0 Å². The van der Waals surface area contributed by atoms with Gasteiger partial charge in [0.15, 0.2) is 5.90 Å². The van der Waals surface area contributed by atoms with Gasteiger partial charge in [0.25, 0.3) is 0 Å². The van der Waals surface area contributed by atoms with Crippen LogP contribution >= 0.6 is 0 Å². The zero-order valence-corrected chi connectivity index (χ0v) is 9.85. The van der Waals surface area contributed by atoms with Crippen LogP contribution in [-0.4, -0.2) is 29.1 Å². The van der Waals surface area contributed by atoms with Gasteiger partial charge in [-0.1, -0.05) is 13.8 Å². The molecular formula is C12H19NO3. The topological polar surface area (TPSA) is 58.9 Å². The molecule has 1 aliphatic heterocycles. The van der Waals surface area contributed by atoms with Crippen molar-refractivity contribution in [2.75, 3.05) is 0 Å². The van der Waals surface area contributed by atoms with Crippen LogP contribution < -0.4 is 0 Å². The van der Waals surface area contributed by atoms with Crippen LogP contribution in [0.3, 0.4) is 0 Å². The monoisotopic (exact) mass is 225 g/mol. The molecule has 3 unspecified atom stereocenters. The molecule has 0 saturated heterocycles. The summed E-state index contributed by atoms with van der Waals surface area (Å²) in [6.45, 7) is 4.27. The Hall–Kier alpha value is -1.06. The van der Waals surface area contributed by atoms with E-state index in [-0.39, 0.29) is 18.1 Å². The third-order valence-corrected chi connectivity index (χ3v) is 3.28. The van der Waals surface area contributed by atoms with Gasteiger partial charge in [-0.05, 0) is 25.2 Å². The van der Waals surface area contributed by atoms with Crippen LogP contribution in [0, 0.1) is 11.8 Å². The highest BCUT2D eigenvalue weighted by Gasteiger charge is 2.39. The van der Waals surface area contributed by atoms with Gasteiger partial charge in [0.05, 0.1) is 12.0 Å². The van der Waals surface area contributed by atoms with Crippen LogP contribution in [0.25, 0.3) is 0 Å². The number of aliphatic imine (C=N–C) groups is 1. The predicted molar refractivity (Wildman–Crippen MR) is 60.5 cm³/mol. The van der Waals surface area contributed by atoms with E-state index in [0.717, 1.165) is 25.2 Å². The quantitative estimate of drug-likeness (QED) is 0.800. The first-order valence-corrected chi connectivity index (χ1v) is 6.02. The maximum Gasteiger partial charge on any atom is 0.306 e. The van der Waals surface area contributed by atoms with E-state index in [0.29, 0.717) is 12.3 Å². The summed E-state index contributed by atoms with van der Waals surface area (Å²) in [6, 6.07) is 0.0867. The van der Waals surface area contributed by atoms with Crippen molar-refractivity contribution in [2.24, 2.45) is 16.8 Å². The first-order chi connectivity index (χ1) is 7.56. The molecule has 1 fully saturated rings. The Labute approximate surface area is 95.7 Å². The normalized spacial score (nSPS) is 33.2. The molecule has 3 atom stereocenters. The highest BCUT2D eigenvalue weighted by Crippen LogP contribution is 2.33. The molecule has 0 bridgehead atoms. The molecule has 0 amide bonds. The predicted octanol–water partition coefficient (Wildman–Crippen LogP) is 2.08. The number of hydrogen-bond donors (Lipinski definition) is 1. The molecule has 4 heteroatoms. The fourth-order valence-corrected chi connectivity index (χ4v) is 2.46. The van der Waals surface area contributed by atoms with Crippen LogP contribution in [0.2, 0.25) is 0 Å². The van der Waals surface area contributed by atoms with Crippen molar-refractivity contribution in [1.29, 1.82) is 0 Å². The number of aliphatic carboxylic acids is 1. The molecule has 90 valence electrons. The Balaban J connectivity index is 1.97. The summed E-state index contributed by atoms with van der Waals surface area (Å²) in [6.07, 6.45) is 3.20. The van der Waals surface area contributed by atoms with Crippen molar-refractivity contribution in [1.82, 2.24) is 0 Å². The molecule has 0 aromatic heterocycles. The Morgan fingerprint density at radius 3 is 2.94 bits per heavy atom. The van der Waals surface area contributed by atoms with Crippen molar-refractivity contribution >= 4 is 11.9 Å². The average Bonchev–Trinajstić information content (AvgIpc) is 2.56. The SMILES string of the molecule is CC(C)CC1=NC2CC(C(=O)O)CCC2O1. The summed E-state index contributed by atoms with van der Waals surface area (Å²) in [5, 5.41) is 8.98. The second-order valence-electron chi connectivity index (χ2n) is 5.19. The van der Waals surface area contributed by atoms with Gasteiger partial charge in [0.1, 0.15) is 6.10 Å². The van der Waals surface area contributed by atoms with Crippen molar-refractivity contribution in [3.8, 4) is 0 Å². The summed E-state index contributed by atoms with van der Waals surface area (Å²) >= 11 is 0. The van der Waals surface area contributed by atoms with E-state index < -0.39 is 5.97 Å². The third kappa shape index (κ3) is 2.36. The smallest absolute Gasteiger partial charge is 0.306 e. The number of rotatable bonds is 3. The van der Waals surface area contributed by atoms with Gasteiger partial charge in [-0.25, -0.2) is 4.99 Å². The van der Waals surface area contributed by atoms with Gasteiger partial charge in [0, 0.05) is 6.42 Å². The number of nitrogens with zero attached hydrogens (tertiary/aromatic N) is 1. The Bertz CT molecular complexity index is 311. The van der Waals surface area contributed by atoms with E-state index in [1.807, 2.05) is 0 Å². The number of carboxylic acid groups (broad SMARTS) is 1. The molecule has 0 spiro atoms. The van der Waals surface area contributed by atoms with E-state index in [1.165, 1.54) is 0 Å². The third-order valence-electron chi connectivity index (χ3n) is 3.28. The van der Waals surface area contributed by atoms with E-state index in [1.54, 1.807) is 0 Å². The summed E-state index contributed by atoms with van der Waals surface area (Å²) < 4.78 is 5.76. The van der Waals surface area contributed by atoms with Crippen LogP contribution in [0.1, 0.15) is 39.5 Å². The van der Waals surface area contributed by atoms with Gasteiger partial charge < -0.3 is 9.84 Å². The van der Waals surface area contributed by atoms with E-state index in [9.17, 15) is 4.79 Å². The van der Waals surface area contributed by atoms with Crippen molar-refractivity contribution in [2.45, 2.75) is 51.7 Å². The van der Waals surface area contributed by atoms with Crippen molar-refractivity contribution in [3.63, 3.8) is 0 Å². The second-order valence-corrected chi connectivity index (χ2v) is 5.19. The van der Waals surface area contributed by atoms with Crippen LogP contribution in [-0.2, 0) is 9.53 Å². The highest BCUT2D eigenvalue weighted by atomic mass is 16.5. The van der Waals surface area contributed by atoms with Gasteiger partial charge >= 0.3 is 5.97 Å². The largest absolute Gasteiger partial charge is 0.481 e. The molecule has 2 aliphatic rings. The summed E-state index contributed by atoms with van der Waals surface area (Å²) in [5.41, 5.74) is 0. The molecule has 4 nitrogen and oxygen atoms in total. The van der Waals surface area contributed by atoms with Crippen LogP contribution in [0.4, 0.5) is 0 Å². The van der Waals surface area contributed by atoms with Crippen LogP contribution in [0.5, 0.6) is 0 Å². The Kier molecular flexibility index (Phi) is 3.17. The molecular weight excluding hydrogens is 206 g/mol. The molecule has 1 N–H and O–H groups in total. The molecule has 1 heterocycles. The van der Waals surface area contributed by atoms with E-state index in [4.69, 9.17) is 9.84 Å². The molecule has 1 aliphatic carbocycles. The van der Waals surface area contributed by atoms with E-state index >= 15 is 0 Å². The number of fused-ring (bicyclic) bond motifs is 1. The Morgan fingerprint density at radius 1 is 1.56 bits per heavy atom. The molecule has 0 radical (unpaired) electrons. The molecule has 2 rings (SSSR count). The van der Waals surface area contributed by atoms with Crippen molar-refractivity contribution in [3.05, 3.63) is 0 Å². The minimum atomic E-state index is -0.689. The second kappa shape index (κ2) is 4.44. The molecule has 0 aromatic rings. The maximum atomic E-state index is 10.9.